The Kier molecular flexibility index (Phi) is 9.76. The molecule has 3 heterocycles. The summed E-state index contributed by atoms with van der Waals surface area (Å²) < 4.78 is 12.8. The fourth-order valence-corrected chi connectivity index (χ4v) is 5.74. The minimum absolute atomic E-state index is 0.0253. The molecule has 0 radical (unpaired) electrons. The fraction of sp³-hybridized carbons (Fsp3) is 0.394. The minimum Gasteiger partial charge on any atom is -0.497 e. The number of nitrogens with zero attached hydrogens (tertiary/aromatic N) is 3. The lowest BCUT2D eigenvalue weighted by molar-refractivity contribution is -0.132. The number of hydrogen-bond donors (Lipinski definition) is 1. The highest BCUT2D eigenvalue weighted by Crippen LogP contribution is 2.35. The van der Waals surface area contributed by atoms with Gasteiger partial charge in [-0.3, -0.25) is 19.2 Å². The van der Waals surface area contributed by atoms with Crippen molar-refractivity contribution in [2.24, 2.45) is 5.92 Å². The molecule has 0 unspecified atom stereocenters. The van der Waals surface area contributed by atoms with Gasteiger partial charge in [-0.05, 0) is 47.9 Å². The Bertz CT molecular complexity index is 1490. The lowest BCUT2D eigenvalue weighted by Gasteiger charge is -2.25. The molecule has 0 spiro atoms. The summed E-state index contributed by atoms with van der Waals surface area (Å²) in [5.74, 6) is 0.618. The number of pyridine rings is 1. The van der Waals surface area contributed by atoms with E-state index in [1.54, 1.807) is 35.2 Å². The molecular formula is C33H38N4O6. The monoisotopic (exact) mass is 586 g/mol. The number of fused-ring (bicyclic) bond motifs is 4. The van der Waals surface area contributed by atoms with Crippen LogP contribution in [0, 0.1) is 5.92 Å². The van der Waals surface area contributed by atoms with E-state index < -0.39 is 5.92 Å². The van der Waals surface area contributed by atoms with Crippen molar-refractivity contribution in [2.75, 3.05) is 46.4 Å². The van der Waals surface area contributed by atoms with E-state index in [0.29, 0.717) is 58.0 Å². The molecule has 2 aliphatic heterocycles. The Balaban J connectivity index is 1.26. The normalized spacial score (nSPS) is 19.0. The number of ether oxygens (including phenoxy) is 2. The van der Waals surface area contributed by atoms with Gasteiger partial charge in [-0.2, -0.15) is 0 Å². The molecule has 2 atom stereocenters. The van der Waals surface area contributed by atoms with Crippen LogP contribution in [0.3, 0.4) is 0 Å². The van der Waals surface area contributed by atoms with Gasteiger partial charge < -0.3 is 29.2 Å². The molecule has 3 aromatic rings. The van der Waals surface area contributed by atoms with Crippen molar-refractivity contribution in [1.29, 1.82) is 0 Å². The van der Waals surface area contributed by atoms with E-state index in [0.717, 1.165) is 16.9 Å². The van der Waals surface area contributed by atoms with Gasteiger partial charge in [0.1, 0.15) is 18.1 Å². The van der Waals surface area contributed by atoms with Gasteiger partial charge in [-0.15, -0.1) is 0 Å². The summed E-state index contributed by atoms with van der Waals surface area (Å²) in [7, 11) is 1.60. The number of likely N-dealkylation sites (tertiary alicyclic amines) is 1. The lowest BCUT2D eigenvalue weighted by Crippen LogP contribution is -2.40. The van der Waals surface area contributed by atoms with Crippen molar-refractivity contribution in [3.63, 3.8) is 0 Å². The topological polar surface area (TPSA) is 110 Å². The van der Waals surface area contributed by atoms with E-state index in [4.69, 9.17) is 9.47 Å². The SMILES string of the molecule is COc1ccc(CC(=O)N2C[C@@H]3C(=O)NCCCN(C(=O)CCn4ccccc4=O)CCOc4cccc(c4)[C@H]3C2)cc1. The first-order chi connectivity index (χ1) is 20.9. The minimum atomic E-state index is -0.403. The van der Waals surface area contributed by atoms with Gasteiger partial charge >= 0.3 is 0 Å². The van der Waals surface area contributed by atoms with Crippen molar-refractivity contribution in [2.45, 2.75) is 31.7 Å². The first-order valence-electron chi connectivity index (χ1n) is 14.8. The van der Waals surface area contributed by atoms with Gasteiger partial charge in [0, 0.05) is 57.3 Å². The summed E-state index contributed by atoms with van der Waals surface area (Å²) in [5.41, 5.74) is 1.68. The van der Waals surface area contributed by atoms with Gasteiger partial charge in [0.2, 0.25) is 17.7 Å². The molecule has 1 aromatic heterocycles. The summed E-state index contributed by atoms with van der Waals surface area (Å²) >= 11 is 0. The molecule has 2 aromatic carbocycles. The molecule has 5 rings (SSSR count). The summed E-state index contributed by atoms with van der Waals surface area (Å²) in [4.78, 5) is 55.4. The number of carbonyl (C=O) groups is 3. The smallest absolute Gasteiger partial charge is 0.250 e. The summed E-state index contributed by atoms with van der Waals surface area (Å²) in [6.07, 6.45) is 2.69. The van der Waals surface area contributed by atoms with Gasteiger partial charge in [0.15, 0.2) is 0 Å². The quantitative estimate of drug-likeness (QED) is 0.475. The molecule has 0 saturated carbocycles. The van der Waals surface area contributed by atoms with Gasteiger partial charge in [0.25, 0.3) is 5.56 Å². The van der Waals surface area contributed by atoms with Crippen LogP contribution in [0.25, 0.3) is 0 Å². The van der Waals surface area contributed by atoms with Crippen LogP contribution >= 0.6 is 0 Å². The van der Waals surface area contributed by atoms with Crippen molar-refractivity contribution >= 4 is 17.7 Å². The third kappa shape index (κ3) is 7.63. The standard InChI is InChI=1S/C33H38N4O6/c1-42-26-11-9-24(10-12-26)20-32(40)37-22-28-25-6-4-7-27(21-25)43-19-18-36(16-5-14-34-33(41)29(28)23-37)31(39)13-17-35-15-3-2-8-30(35)38/h2-4,6-12,15,21,28-29H,5,13-14,16-20,22-23H2,1H3,(H,34,41)/t28-,29+/m1/s1. The van der Waals surface area contributed by atoms with Crippen LogP contribution in [0.1, 0.15) is 29.9 Å². The van der Waals surface area contributed by atoms with Crippen molar-refractivity contribution in [3.8, 4) is 11.5 Å². The largest absolute Gasteiger partial charge is 0.497 e. The van der Waals surface area contributed by atoms with Crippen molar-refractivity contribution in [3.05, 3.63) is 94.4 Å². The van der Waals surface area contributed by atoms with E-state index in [1.165, 1.54) is 10.6 Å². The van der Waals surface area contributed by atoms with Crippen LogP contribution < -0.4 is 20.3 Å². The number of rotatable bonds is 6. The number of nitrogens with one attached hydrogen (secondary N) is 1. The van der Waals surface area contributed by atoms with Crippen LogP contribution in [0.5, 0.6) is 11.5 Å². The predicted molar refractivity (Wildman–Crippen MR) is 161 cm³/mol. The Morgan fingerprint density at radius 1 is 0.930 bits per heavy atom. The third-order valence-corrected chi connectivity index (χ3v) is 8.16. The number of carbonyl (C=O) groups excluding carboxylic acids is 3. The molecule has 10 heteroatoms. The fourth-order valence-electron chi connectivity index (χ4n) is 5.74. The second-order valence-electron chi connectivity index (χ2n) is 11.0. The summed E-state index contributed by atoms with van der Waals surface area (Å²) in [5, 5.41) is 3.06. The summed E-state index contributed by atoms with van der Waals surface area (Å²) in [6, 6.07) is 20.0. The number of benzene rings is 2. The number of methoxy groups -OCH3 is 1. The zero-order valence-electron chi connectivity index (χ0n) is 24.4. The molecule has 2 bridgehead atoms. The van der Waals surface area contributed by atoms with Gasteiger partial charge in [-0.25, -0.2) is 0 Å². The predicted octanol–water partition coefficient (Wildman–Crippen LogP) is 2.46. The maximum atomic E-state index is 13.5. The van der Waals surface area contributed by atoms with E-state index in [-0.39, 0.29) is 42.0 Å². The van der Waals surface area contributed by atoms with Gasteiger partial charge in [0.05, 0.1) is 26.0 Å². The number of hydrogen-bond acceptors (Lipinski definition) is 6. The number of aromatic nitrogens is 1. The van der Waals surface area contributed by atoms with Gasteiger partial charge in [-0.1, -0.05) is 30.3 Å². The van der Waals surface area contributed by atoms with Crippen LogP contribution in [0.4, 0.5) is 0 Å². The summed E-state index contributed by atoms with van der Waals surface area (Å²) in [6.45, 7) is 2.64. The first-order valence-corrected chi connectivity index (χ1v) is 14.8. The molecule has 1 fully saturated rings. The van der Waals surface area contributed by atoms with Crippen LogP contribution in [0.15, 0.2) is 77.7 Å². The molecule has 1 N–H and O–H groups in total. The highest BCUT2D eigenvalue weighted by atomic mass is 16.5. The highest BCUT2D eigenvalue weighted by Gasteiger charge is 2.40. The zero-order valence-corrected chi connectivity index (χ0v) is 24.4. The molecular weight excluding hydrogens is 548 g/mol. The Labute approximate surface area is 251 Å². The van der Waals surface area contributed by atoms with Crippen LogP contribution in [-0.4, -0.2) is 78.5 Å². The second-order valence-corrected chi connectivity index (χ2v) is 11.0. The maximum absolute atomic E-state index is 13.5. The number of amides is 3. The molecule has 0 aliphatic carbocycles. The Morgan fingerprint density at radius 3 is 2.53 bits per heavy atom. The molecule has 2 aliphatic rings. The number of aryl methyl sites for hydroxylation is 1. The average Bonchev–Trinajstić information content (AvgIpc) is 3.48. The first kappa shape index (κ1) is 29.9. The van der Waals surface area contributed by atoms with Crippen LogP contribution in [0.2, 0.25) is 0 Å². The Morgan fingerprint density at radius 2 is 1.74 bits per heavy atom. The average molecular weight is 587 g/mol. The second kappa shape index (κ2) is 14.0. The molecule has 226 valence electrons. The van der Waals surface area contributed by atoms with Crippen molar-refractivity contribution < 1.29 is 23.9 Å². The molecule has 1 saturated heterocycles. The van der Waals surface area contributed by atoms with E-state index in [2.05, 4.69) is 5.32 Å². The van der Waals surface area contributed by atoms with Crippen LogP contribution in [-0.2, 0) is 27.3 Å². The third-order valence-electron chi connectivity index (χ3n) is 8.16. The van der Waals surface area contributed by atoms with E-state index in [1.807, 2.05) is 48.5 Å². The molecule has 43 heavy (non-hydrogen) atoms. The van der Waals surface area contributed by atoms with Crippen molar-refractivity contribution in [1.82, 2.24) is 19.7 Å². The molecule has 3 amide bonds. The zero-order chi connectivity index (χ0) is 30.2. The van der Waals surface area contributed by atoms with E-state index >= 15 is 0 Å². The Hall–Kier alpha value is -4.60. The highest BCUT2D eigenvalue weighted by molar-refractivity contribution is 5.84. The van der Waals surface area contributed by atoms with E-state index in [9.17, 15) is 19.2 Å². The lowest BCUT2D eigenvalue weighted by atomic mass is 9.88. The maximum Gasteiger partial charge on any atom is 0.250 e. The molecule has 10 nitrogen and oxygen atoms in total.